The number of anilines is 1. The van der Waals surface area contributed by atoms with Crippen molar-refractivity contribution >= 4 is 17.5 Å². The second-order valence-electron chi connectivity index (χ2n) is 6.16. The molecule has 0 saturated heterocycles. The Morgan fingerprint density at radius 3 is 2.33 bits per heavy atom. The van der Waals surface area contributed by atoms with Crippen molar-refractivity contribution in [1.82, 2.24) is 5.32 Å². The van der Waals surface area contributed by atoms with E-state index in [4.69, 9.17) is 4.74 Å². The number of carbonyl (C=O) groups excluding carboxylic acids is 2. The standard InChI is InChI=1S/C19H17F3N2O3/c20-19(21,22)15-3-1-2-4-16(15)27-11-17(25)23-13-7-5-12(6-8-13)18(26)24-14-9-10-14/h1-8,14H,9-11H2,(H,23,25)(H,24,26). The Morgan fingerprint density at radius 2 is 1.70 bits per heavy atom. The predicted octanol–water partition coefficient (Wildman–Crippen LogP) is 3.62. The van der Waals surface area contributed by atoms with Gasteiger partial charge in [0.05, 0.1) is 5.56 Å². The molecule has 142 valence electrons. The lowest BCUT2D eigenvalue weighted by atomic mass is 10.2. The first-order valence-electron chi connectivity index (χ1n) is 8.33. The van der Waals surface area contributed by atoms with Gasteiger partial charge in [0.2, 0.25) is 0 Å². The Morgan fingerprint density at radius 1 is 1.04 bits per heavy atom. The summed E-state index contributed by atoms with van der Waals surface area (Å²) in [5.74, 6) is -1.20. The minimum Gasteiger partial charge on any atom is -0.483 e. The second kappa shape index (κ2) is 7.69. The van der Waals surface area contributed by atoms with E-state index in [9.17, 15) is 22.8 Å². The molecule has 27 heavy (non-hydrogen) atoms. The molecule has 2 amide bonds. The van der Waals surface area contributed by atoms with Crippen molar-refractivity contribution in [1.29, 1.82) is 0 Å². The molecular weight excluding hydrogens is 361 g/mol. The van der Waals surface area contributed by atoms with E-state index in [0.29, 0.717) is 11.3 Å². The maximum atomic E-state index is 12.9. The average molecular weight is 378 g/mol. The molecule has 2 N–H and O–H groups in total. The number of alkyl halides is 3. The molecule has 0 heterocycles. The van der Waals surface area contributed by atoms with Crippen molar-refractivity contribution in [2.24, 2.45) is 0 Å². The molecule has 1 aliphatic carbocycles. The summed E-state index contributed by atoms with van der Waals surface area (Å²) in [7, 11) is 0. The van der Waals surface area contributed by atoms with Gasteiger partial charge in [-0.15, -0.1) is 0 Å². The average Bonchev–Trinajstić information content (AvgIpc) is 3.44. The summed E-state index contributed by atoms with van der Waals surface area (Å²) in [4.78, 5) is 23.8. The van der Waals surface area contributed by atoms with Crippen LogP contribution in [0.5, 0.6) is 5.75 Å². The first-order valence-corrected chi connectivity index (χ1v) is 8.33. The molecular formula is C19H17F3N2O3. The molecule has 1 saturated carbocycles. The van der Waals surface area contributed by atoms with Gasteiger partial charge in [-0.1, -0.05) is 12.1 Å². The first-order chi connectivity index (χ1) is 12.8. The minimum absolute atomic E-state index is 0.178. The third-order valence-corrected chi connectivity index (χ3v) is 3.89. The van der Waals surface area contributed by atoms with Crippen LogP contribution in [-0.2, 0) is 11.0 Å². The largest absolute Gasteiger partial charge is 0.483 e. The van der Waals surface area contributed by atoms with Crippen molar-refractivity contribution in [3.63, 3.8) is 0 Å². The number of carbonyl (C=O) groups is 2. The van der Waals surface area contributed by atoms with Gasteiger partial charge in [0.15, 0.2) is 6.61 Å². The summed E-state index contributed by atoms with van der Waals surface area (Å²) in [5.41, 5.74) is -0.0604. The highest BCUT2D eigenvalue weighted by Gasteiger charge is 2.34. The van der Waals surface area contributed by atoms with Crippen LogP contribution < -0.4 is 15.4 Å². The molecule has 0 radical (unpaired) electrons. The van der Waals surface area contributed by atoms with Gasteiger partial charge in [-0.3, -0.25) is 9.59 Å². The zero-order valence-electron chi connectivity index (χ0n) is 14.2. The smallest absolute Gasteiger partial charge is 0.419 e. The third kappa shape index (κ3) is 5.22. The summed E-state index contributed by atoms with van der Waals surface area (Å²) in [6, 6.07) is 11.1. The number of ether oxygens (including phenoxy) is 1. The van der Waals surface area contributed by atoms with Crippen LogP contribution in [-0.4, -0.2) is 24.5 Å². The number of halogens is 3. The molecule has 0 aromatic heterocycles. The van der Waals surface area contributed by atoms with E-state index in [1.165, 1.54) is 12.1 Å². The lowest BCUT2D eigenvalue weighted by molar-refractivity contribution is -0.139. The second-order valence-corrected chi connectivity index (χ2v) is 6.16. The van der Waals surface area contributed by atoms with Crippen LogP contribution in [0.4, 0.5) is 18.9 Å². The van der Waals surface area contributed by atoms with Crippen molar-refractivity contribution in [3.05, 3.63) is 59.7 Å². The Kier molecular flexibility index (Phi) is 5.34. The third-order valence-electron chi connectivity index (χ3n) is 3.89. The van der Waals surface area contributed by atoms with Gasteiger partial charge >= 0.3 is 6.18 Å². The molecule has 0 bridgehead atoms. The highest BCUT2D eigenvalue weighted by Crippen LogP contribution is 2.35. The fourth-order valence-corrected chi connectivity index (χ4v) is 2.37. The fraction of sp³-hybridized carbons (Fsp3) is 0.263. The van der Waals surface area contributed by atoms with Crippen LogP contribution in [0.1, 0.15) is 28.8 Å². The number of nitrogens with one attached hydrogen (secondary N) is 2. The van der Waals surface area contributed by atoms with Crippen LogP contribution in [0.2, 0.25) is 0 Å². The topological polar surface area (TPSA) is 67.4 Å². The van der Waals surface area contributed by atoms with Crippen molar-refractivity contribution in [3.8, 4) is 5.75 Å². The summed E-state index contributed by atoms with van der Waals surface area (Å²) in [5, 5.41) is 5.36. The minimum atomic E-state index is -4.57. The van der Waals surface area contributed by atoms with Gasteiger partial charge in [-0.25, -0.2) is 0 Å². The van der Waals surface area contributed by atoms with Crippen molar-refractivity contribution < 1.29 is 27.5 Å². The zero-order chi connectivity index (χ0) is 19.4. The Balaban J connectivity index is 1.54. The van der Waals surface area contributed by atoms with Crippen LogP contribution in [0, 0.1) is 0 Å². The van der Waals surface area contributed by atoms with Crippen molar-refractivity contribution in [2.45, 2.75) is 25.1 Å². The van der Waals surface area contributed by atoms with Gasteiger partial charge in [0.1, 0.15) is 5.75 Å². The lowest BCUT2D eigenvalue weighted by Crippen LogP contribution is -2.25. The number of amides is 2. The predicted molar refractivity (Wildman–Crippen MR) is 92.5 cm³/mol. The maximum Gasteiger partial charge on any atom is 0.419 e. The molecule has 0 atom stereocenters. The molecule has 1 fully saturated rings. The SMILES string of the molecule is O=C(COc1ccccc1C(F)(F)F)Nc1ccc(C(=O)NC2CC2)cc1. The molecule has 5 nitrogen and oxygen atoms in total. The Labute approximate surface area is 153 Å². The first kappa shape index (κ1) is 18.8. The van der Waals surface area contributed by atoms with Gasteiger partial charge in [-0.2, -0.15) is 13.2 Å². The molecule has 1 aliphatic rings. The van der Waals surface area contributed by atoms with E-state index < -0.39 is 30.0 Å². The van der Waals surface area contributed by atoms with Gasteiger partial charge in [-0.05, 0) is 49.2 Å². The van der Waals surface area contributed by atoms with E-state index in [1.807, 2.05) is 0 Å². The van der Waals surface area contributed by atoms with E-state index in [-0.39, 0.29) is 11.9 Å². The molecule has 0 spiro atoms. The lowest BCUT2D eigenvalue weighted by Gasteiger charge is -2.13. The van der Waals surface area contributed by atoms with Gasteiger partial charge in [0.25, 0.3) is 11.8 Å². The molecule has 0 unspecified atom stereocenters. The number of para-hydroxylation sites is 1. The van der Waals surface area contributed by atoms with Crippen LogP contribution >= 0.6 is 0 Å². The fourth-order valence-electron chi connectivity index (χ4n) is 2.37. The number of hydrogen-bond donors (Lipinski definition) is 2. The van der Waals surface area contributed by atoms with E-state index in [1.54, 1.807) is 24.3 Å². The van der Waals surface area contributed by atoms with Gasteiger partial charge < -0.3 is 15.4 Å². The van der Waals surface area contributed by atoms with Crippen molar-refractivity contribution in [2.75, 3.05) is 11.9 Å². The summed E-state index contributed by atoms with van der Waals surface area (Å²) in [6.07, 6.45) is -2.60. The molecule has 8 heteroatoms. The van der Waals surface area contributed by atoms with E-state index in [2.05, 4.69) is 10.6 Å². The molecule has 2 aromatic rings. The number of rotatable bonds is 6. The highest BCUT2D eigenvalue weighted by molar-refractivity contribution is 5.96. The summed E-state index contributed by atoms with van der Waals surface area (Å²) in [6.45, 7) is -0.572. The zero-order valence-corrected chi connectivity index (χ0v) is 14.2. The highest BCUT2D eigenvalue weighted by atomic mass is 19.4. The monoisotopic (exact) mass is 378 g/mol. The molecule has 3 rings (SSSR count). The van der Waals surface area contributed by atoms with E-state index in [0.717, 1.165) is 25.0 Å². The van der Waals surface area contributed by atoms with E-state index >= 15 is 0 Å². The summed E-state index contributed by atoms with van der Waals surface area (Å²) >= 11 is 0. The van der Waals surface area contributed by atoms with Crippen LogP contribution in [0.15, 0.2) is 48.5 Å². The maximum absolute atomic E-state index is 12.9. The van der Waals surface area contributed by atoms with Gasteiger partial charge in [0, 0.05) is 17.3 Å². The summed E-state index contributed by atoms with van der Waals surface area (Å²) < 4.78 is 43.7. The molecule has 2 aromatic carbocycles. The Hall–Kier alpha value is -3.03. The number of hydrogen-bond acceptors (Lipinski definition) is 3. The van der Waals surface area contributed by atoms with Crippen LogP contribution in [0.3, 0.4) is 0 Å². The Bertz CT molecular complexity index is 831. The van der Waals surface area contributed by atoms with Crippen LogP contribution in [0.25, 0.3) is 0 Å². The quantitative estimate of drug-likeness (QED) is 0.807. The molecule has 0 aliphatic heterocycles. The number of benzene rings is 2. The normalized spacial score (nSPS) is 13.7.